The lowest BCUT2D eigenvalue weighted by Gasteiger charge is -2.21. The molecule has 7 heteroatoms. The van der Waals surface area contributed by atoms with Gasteiger partial charge in [-0.15, -0.1) is 16.4 Å². The Hall–Kier alpha value is -2.93. The number of aromatic nitrogens is 2. The number of anilines is 1. The van der Waals surface area contributed by atoms with Crippen LogP contribution in [-0.2, 0) is 0 Å². The topological polar surface area (TPSA) is 75.1 Å². The van der Waals surface area contributed by atoms with Gasteiger partial charge in [-0.05, 0) is 43.5 Å². The number of carbonyl (C=O) groups is 1. The zero-order valence-corrected chi connectivity index (χ0v) is 15.3. The molecule has 0 saturated carbocycles. The second-order valence-corrected chi connectivity index (χ2v) is 6.85. The predicted molar refractivity (Wildman–Crippen MR) is 102 cm³/mol. The van der Waals surface area contributed by atoms with Gasteiger partial charge in [0.2, 0.25) is 5.89 Å². The molecule has 4 rings (SSSR count). The molecule has 6 nitrogen and oxygen atoms in total. The van der Waals surface area contributed by atoms with Gasteiger partial charge in [-0.1, -0.05) is 6.07 Å². The molecular weight excluding hydrogens is 348 g/mol. The molecule has 0 saturated heterocycles. The molecular formula is C19H18N4O2S. The van der Waals surface area contributed by atoms with Crippen molar-refractivity contribution in [1.82, 2.24) is 9.78 Å². The van der Waals surface area contributed by atoms with E-state index in [-0.39, 0.29) is 11.4 Å². The maximum absolute atomic E-state index is 12.6. The van der Waals surface area contributed by atoms with Crippen LogP contribution in [0.3, 0.4) is 0 Å². The van der Waals surface area contributed by atoms with E-state index < -0.39 is 0 Å². The van der Waals surface area contributed by atoms with Crippen molar-refractivity contribution in [3.8, 4) is 11.5 Å². The molecule has 132 valence electrons. The van der Waals surface area contributed by atoms with Crippen molar-refractivity contribution in [1.29, 1.82) is 5.41 Å². The third kappa shape index (κ3) is 2.61. The van der Waals surface area contributed by atoms with Crippen LogP contribution in [0.15, 0.2) is 46.2 Å². The highest BCUT2D eigenvalue weighted by Crippen LogP contribution is 2.28. The van der Waals surface area contributed by atoms with E-state index in [0.29, 0.717) is 21.9 Å². The highest BCUT2D eigenvalue weighted by molar-refractivity contribution is 7.12. The van der Waals surface area contributed by atoms with E-state index in [4.69, 9.17) is 9.83 Å². The van der Waals surface area contributed by atoms with Gasteiger partial charge in [-0.2, -0.15) is 4.68 Å². The van der Waals surface area contributed by atoms with E-state index in [0.717, 1.165) is 28.8 Å². The molecule has 0 unspecified atom stereocenters. The predicted octanol–water partition coefficient (Wildman–Crippen LogP) is 3.81. The van der Waals surface area contributed by atoms with Gasteiger partial charge in [0.05, 0.1) is 10.4 Å². The molecule has 0 aliphatic carbocycles. The SMILES string of the molecule is CCN(CC)c1ccc2cc3c(=N)n(C(=O)c4cccs4)nc-3oc2c1. The summed E-state index contributed by atoms with van der Waals surface area (Å²) in [5.41, 5.74) is 2.33. The Morgan fingerprint density at radius 3 is 2.77 bits per heavy atom. The van der Waals surface area contributed by atoms with Crippen molar-refractivity contribution in [2.24, 2.45) is 0 Å². The zero-order chi connectivity index (χ0) is 18.3. The van der Waals surface area contributed by atoms with Gasteiger partial charge in [0.1, 0.15) is 5.58 Å². The molecule has 1 aromatic heterocycles. The van der Waals surface area contributed by atoms with E-state index in [1.54, 1.807) is 12.1 Å². The summed E-state index contributed by atoms with van der Waals surface area (Å²) in [4.78, 5) is 15.3. The minimum Gasteiger partial charge on any atom is -0.436 e. The highest BCUT2D eigenvalue weighted by atomic mass is 32.1. The molecule has 0 radical (unpaired) electrons. The quantitative estimate of drug-likeness (QED) is 0.596. The summed E-state index contributed by atoms with van der Waals surface area (Å²) in [7, 11) is 0. The van der Waals surface area contributed by atoms with E-state index in [1.165, 1.54) is 11.3 Å². The summed E-state index contributed by atoms with van der Waals surface area (Å²) in [5.74, 6) is -0.0200. The van der Waals surface area contributed by atoms with E-state index >= 15 is 0 Å². The van der Waals surface area contributed by atoms with Gasteiger partial charge in [0.15, 0.2) is 5.49 Å². The molecule has 2 aliphatic rings. The summed E-state index contributed by atoms with van der Waals surface area (Å²) in [6, 6.07) is 11.4. The number of nitrogens with one attached hydrogen (secondary N) is 1. The van der Waals surface area contributed by atoms with Gasteiger partial charge in [0.25, 0.3) is 5.91 Å². The second-order valence-electron chi connectivity index (χ2n) is 5.90. The third-order valence-electron chi connectivity index (χ3n) is 4.44. The number of carbonyl (C=O) groups excluding carboxylic acids is 1. The number of nitrogens with zero attached hydrogens (tertiary/aromatic N) is 3. The number of hydrogen-bond acceptors (Lipinski definition) is 6. The zero-order valence-electron chi connectivity index (χ0n) is 14.5. The normalized spacial score (nSPS) is 11.3. The number of fused-ring (bicyclic) bond motifs is 2. The fraction of sp³-hybridized carbons (Fsp3) is 0.211. The largest absolute Gasteiger partial charge is 0.436 e. The van der Waals surface area contributed by atoms with Crippen molar-refractivity contribution in [2.45, 2.75) is 13.8 Å². The Labute approximate surface area is 154 Å². The summed E-state index contributed by atoms with van der Waals surface area (Å²) in [6.45, 7) is 6.03. The number of thiophene rings is 1. The third-order valence-corrected chi connectivity index (χ3v) is 5.30. The van der Waals surface area contributed by atoms with Gasteiger partial charge in [-0.3, -0.25) is 10.2 Å². The monoisotopic (exact) mass is 366 g/mol. The van der Waals surface area contributed by atoms with Crippen LogP contribution in [-0.4, -0.2) is 28.8 Å². The van der Waals surface area contributed by atoms with Crippen molar-refractivity contribution < 1.29 is 9.21 Å². The molecule has 26 heavy (non-hydrogen) atoms. The molecule has 0 atom stereocenters. The first-order valence-corrected chi connectivity index (χ1v) is 9.34. The fourth-order valence-electron chi connectivity index (χ4n) is 3.04. The van der Waals surface area contributed by atoms with Crippen LogP contribution in [0.2, 0.25) is 0 Å². The second kappa shape index (κ2) is 6.42. The van der Waals surface area contributed by atoms with Gasteiger partial charge in [0, 0.05) is 30.2 Å². The van der Waals surface area contributed by atoms with Crippen LogP contribution in [0.25, 0.3) is 22.4 Å². The van der Waals surface area contributed by atoms with E-state index in [9.17, 15) is 4.79 Å². The molecule has 1 N–H and O–H groups in total. The van der Waals surface area contributed by atoms with Crippen molar-refractivity contribution >= 4 is 33.9 Å². The van der Waals surface area contributed by atoms with Gasteiger partial charge in [-0.25, -0.2) is 0 Å². The first-order valence-electron chi connectivity index (χ1n) is 8.46. The van der Waals surface area contributed by atoms with Crippen LogP contribution in [0.1, 0.15) is 23.5 Å². The first-order chi connectivity index (χ1) is 12.6. The van der Waals surface area contributed by atoms with Crippen LogP contribution in [0.5, 0.6) is 0 Å². The Bertz CT molecular complexity index is 1110. The average molecular weight is 366 g/mol. The molecule has 3 heterocycles. The highest BCUT2D eigenvalue weighted by Gasteiger charge is 2.21. The summed E-state index contributed by atoms with van der Waals surface area (Å²) >= 11 is 1.33. The lowest BCUT2D eigenvalue weighted by atomic mass is 10.1. The van der Waals surface area contributed by atoms with E-state index in [1.807, 2.05) is 29.6 Å². The van der Waals surface area contributed by atoms with E-state index in [2.05, 4.69) is 23.8 Å². The lowest BCUT2D eigenvalue weighted by molar-refractivity contribution is 0.0943. The van der Waals surface area contributed by atoms with Crippen molar-refractivity contribution in [3.63, 3.8) is 0 Å². The lowest BCUT2D eigenvalue weighted by Crippen LogP contribution is -2.24. The molecule has 0 fully saturated rings. The maximum atomic E-state index is 12.6. The van der Waals surface area contributed by atoms with Crippen LogP contribution in [0, 0.1) is 5.41 Å². The first kappa shape index (κ1) is 16.5. The number of hydrogen-bond donors (Lipinski definition) is 1. The molecule has 0 amide bonds. The summed E-state index contributed by atoms with van der Waals surface area (Å²) in [5, 5.41) is 15.3. The smallest absolute Gasteiger partial charge is 0.290 e. The average Bonchev–Trinajstić information content (AvgIpc) is 3.29. The number of rotatable bonds is 4. The Morgan fingerprint density at radius 2 is 2.08 bits per heavy atom. The molecule has 1 aromatic carbocycles. The van der Waals surface area contributed by atoms with Crippen molar-refractivity contribution in [2.75, 3.05) is 18.0 Å². The van der Waals surface area contributed by atoms with Gasteiger partial charge < -0.3 is 9.32 Å². The summed E-state index contributed by atoms with van der Waals surface area (Å²) < 4.78 is 7.03. The van der Waals surface area contributed by atoms with Crippen LogP contribution >= 0.6 is 11.3 Å². The molecule has 0 spiro atoms. The van der Waals surface area contributed by atoms with Crippen LogP contribution < -0.4 is 10.4 Å². The minimum atomic E-state index is -0.315. The Kier molecular flexibility index (Phi) is 4.08. The standard InChI is InChI=1S/C19H18N4O2S/c1-3-22(4-2)13-8-7-12-10-14-17(20)23(19(24)16-6-5-9-26-16)21-18(14)25-15(12)11-13/h5-11,20H,3-4H2,1-2H3. The maximum Gasteiger partial charge on any atom is 0.290 e. The Balaban J connectivity index is 1.86. The van der Waals surface area contributed by atoms with Gasteiger partial charge >= 0.3 is 0 Å². The summed E-state index contributed by atoms with van der Waals surface area (Å²) in [6.07, 6.45) is 0. The molecule has 0 bridgehead atoms. The van der Waals surface area contributed by atoms with Crippen molar-refractivity contribution in [3.05, 3.63) is 52.1 Å². The minimum absolute atomic E-state index is 0.0388. The van der Waals surface area contributed by atoms with Crippen LogP contribution in [0.4, 0.5) is 5.69 Å². The number of benzene rings is 1. The Morgan fingerprint density at radius 1 is 1.27 bits per heavy atom. The fourth-order valence-corrected chi connectivity index (χ4v) is 3.69. The molecule has 2 aliphatic heterocycles. The molecule has 2 aromatic rings.